The predicted octanol–water partition coefficient (Wildman–Crippen LogP) is 3.34. The quantitative estimate of drug-likeness (QED) is 0.837. The Morgan fingerprint density at radius 1 is 1.43 bits per heavy atom. The number of aromatic hydroxyl groups is 1. The molecule has 2 aromatic rings. The third-order valence-electron chi connectivity index (χ3n) is 2.36. The van der Waals surface area contributed by atoms with Gasteiger partial charge in [-0.15, -0.1) is 11.3 Å². The van der Waals surface area contributed by atoms with Gasteiger partial charge in [0.2, 0.25) is 0 Å². The highest BCUT2D eigenvalue weighted by molar-refractivity contribution is 7.16. The summed E-state index contributed by atoms with van der Waals surface area (Å²) in [4.78, 5) is 4.29. The van der Waals surface area contributed by atoms with E-state index < -0.39 is 0 Å². The molecule has 0 spiro atoms. The van der Waals surface area contributed by atoms with Crippen LogP contribution in [0.2, 0.25) is 0 Å². The highest BCUT2D eigenvalue weighted by atomic mass is 32.1. The Morgan fingerprint density at radius 3 is 3.07 bits per heavy atom. The van der Waals surface area contributed by atoms with Crippen LogP contribution in [0.1, 0.15) is 25.3 Å². The molecule has 0 unspecified atom stereocenters. The maximum atomic E-state index is 9.72. The minimum Gasteiger partial charge on any atom is -0.508 e. The largest absolute Gasteiger partial charge is 0.508 e. The molecule has 0 amide bonds. The number of unbranched alkanes of at least 4 members (excludes halogenated alkanes) is 1. The molecule has 1 aromatic heterocycles. The van der Waals surface area contributed by atoms with Gasteiger partial charge in [-0.1, -0.05) is 13.3 Å². The average molecular weight is 207 g/mol. The highest BCUT2D eigenvalue weighted by Crippen LogP contribution is 2.29. The van der Waals surface area contributed by atoms with Crippen molar-refractivity contribution in [1.29, 1.82) is 0 Å². The summed E-state index contributed by atoms with van der Waals surface area (Å²) in [6.45, 7) is 2.15. The molecule has 2 nitrogen and oxygen atoms in total. The second-order valence-corrected chi connectivity index (χ2v) is 4.25. The lowest BCUT2D eigenvalue weighted by atomic mass is 10.1. The van der Waals surface area contributed by atoms with E-state index in [1.54, 1.807) is 17.4 Å². The third kappa shape index (κ3) is 1.60. The van der Waals surface area contributed by atoms with E-state index in [1.165, 1.54) is 0 Å². The van der Waals surface area contributed by atoms with Crippen LogP contribution in [0.15, 0.2) is 17.6 Å². The van der Waals surface area contributed by atoms with Crippen LogP contribution >= 0.6 is 11.3 Å². The van der Waals surface area contributed by atoms with Gasteiger partial charge < -0.3 is 5.11 Å². The number of hydrogen-bond donors (Lipinski definition) is 1. The molecule has 1 N–H and O–H groups in total. The van der Waals surface area contributed by atoms with Gasteiger partial charge in [0.05, 0.1) is 15.7 Å². The molecular formula is C11H13NOS. The molecule has 0 aliphatic rings. The number of benzene rings is 1. The number of thiazole rings is 1. The first-order valence-corrected chi connectivity index (χ1v) is 5.75. The molecule has 74 valence electrons. The van der Waals surface area contributed by atoms with Crippen LogP contribution < -0.4 is 0 Å². The van der Waals surface area contributed by atoms with Crippen LogP contribution in [0.25, 0.3) is 10.2 Å². The van der Waals surface area contributed by atoms with Crippen molar-refractivity contribution in [2.75, 3.05) is 0 Å². The molecule has 0 atom stereocenters. The van der Waals surface area contributed by atoms with Gasteiger partial charge in [-0.25, -0.2) is 4.98 Å². The van der Waals surface area contributed by atoms with Gasteiger partial charge in [-0.2, -0.15) is 0 Å². The smallest absolute Gasteiger partial charge is 0.121 e. The van der Waals surface area contributed by atoms with E-state index in [0.717, 1.165) is 35.0 Å². The summed E-state index contributed by atoms with van der Waals surface area (Å²) in [7, 11) is 0. The van der Waals surface area contributed by atoms with E-state index in [-0.39, 0.29) is 0 Å². The van der Waals surface area contributed by atoms with Crippen molar-refractivity contribution in [3.05, 3.63) is 23.2 Å². The predicted molar refractivity (Wildman–Crippen MR) is 59.9 cm³/mol. The fourth-order valence-corrected chi connectivity index (χ4v) is 2.28. The van der Waals surface area contributed by atoms with Crippen molar-refractivity contribution in [2.45, 2.75) is 26.2 Å². The molecule has 0 aliphatic heterocycles. The highest BCUT2D eigenvalue weighted by Gasteiger charge is 2.08. The van der Waals surface area contributed by atoms with Gasteiger partial charge >= 0.3 is 0 Å². The molecule has 0 bridgehead atoms. The lowest BCUT2D eigenvalue weighted by Gasteiger charge is -2.03. The Morgan fingerprint density at radius 2 is 2.29 bits per heavy atom. The van der Waals surface area contributed by atoms with Crippen LogP contribution in [0, 0.1) is 0 Å². The van der Waals surface area contributed by atoms with Gasteiger partial charge in [0, 0.05) is 5.56 Å². The maximum Gasteiger partial charge on any atom is 0.121 e. The number of phenols is 1. The molecule has 0 radical (unpaired) electrons. The molecule has 0 fully saturated rings. The minimum atomic E-state index is 0.386. The van der Waals surface area contributed by atoms with Crippen LogP contribution in [0.3, 0.4) is 0 Å². The summed E-state index contributed by atoms with van der Waals surface area (Å²) in [5.41, 5.74) is 3.81. The van der Waals surface area contributed by atoms with E-state index in [2.05, 4.69) is 11.9 Å². The Bertz CT molecular complexity index is 436. The van der Waals surface area contributed by atoms with Gasteiger partial charge in [0.1, 0.15) is 5.75 Å². The lowest BCUT2D eigenvalue weighted by Crippen LogP contribution is -1.87. The molecule has 0 saturated carbocycles. The van der Waals surface area contributed by atoms with E-state index in [9.17, 15) is 5.11 Å². The van der Waals surface area contributed by atoms with Gasteiger partial charge in [0.25, 0.3) is 0 Å². The summed E-state index contributed by atoms with van der Waals surface area (Å²) in [5.74, 6) is 0.386. The second-order valence-electron chi connectivity index (χ2n) is 3.37. The SMILES string of the molecule is CCCCc1c(O)ccc2scnc12. The standard InChI is InChI=1S/C11H13NOS/c1-2-3-4-8-9(13)5-6-10-11(8)12-7-14-10/h5-7,13H,2-4H2,1H3. The Labute approximate surface area is 87.2 Å². The first kappa shape index (κ1) is 9.46. The Balaban J connectivity index is 2.47. The topological polar surface area (TPSA) is 33.1 Å². The molecule has 2 rings (SSSR count). The van der Waals surface area contributed by atoms with Crippen LogP contribution in [-0.4, -0.2) is 10.1 Å². The van der Waals surface area contributed by atoms with Crippen molar-refractivity contribution >= 4 is 21.6 Å². The number of fused-ring (bicyclic) bond motifs is 1. The van der Waals surface area contributed by atoms with Crippen molar-refractivity contribution in [3.63, 3.8) is 0 Å². The first-order chi connectivity index (χ1) is 6.83. The molecule has 1 aromatic carbocycles. The number of aromatic nitrogens is 1. The zero-order valence-electron chi connectivity index (χ0n) is 8.16. The van der Waals surface area contributed by atoms with Crippen molar-refractivity contribution < 1.29 is 5.11 Å². The summed E-state index contributed by atoms with van der Waals surface area (Å²) >= 11 is 1.62. The summed E-state index contributed by atoms with van der Waals surface area (Å²) in [6.07, 6.45) is 3.16. The number of nitrogens with zero attached hydrogens (tertiary/aromatic N) is 1. The van der Waals surface area contributed by atoms with Crippen molar-refractivity contribution in [3.8, 4) is 5.75 Å². The fraction of sp³-hybridized carbons (Fsp3) is 0.364. The zero-order valence-corrected chi connectivity index (χ0v) is 8.97. The van der Waals surface area contributed by atoms with Gasteiger partial charge in [0.15, 0.2) is 0 Å². The summed E-state index contributed by atoms with van der Waals surface area (Å²) < 4.78 is 1.16. The molecule has 0 saturated heterocycles. The molecule has 3 heteroatoms. The van der Waals surface area contributed by atoms with E-state index >= 15 is 0 Å². The number of aryl methyl sites for hydroxylation is 1. The average Bonchev–Trinajstić information content (AvgIpc) is 2.64. The Hall–Kier alpha value is -1.09. The third-order valence-corrected chi connectivity index (χ3v) is 3.16. The second kappa shape index (κ2) is 3.96. The monoisotopic (exact) mass is 207 g/mol. The first-order valence-electron chi connectivity index (χ1n) is 4.87. The summed E-state index contributed by atoms with van der Waals surface area (Å²) in [6, 6.07) is 3.70. The fourth-order valence-electron chi connectivity index (χ4n) is 1.58. The molecule has 14 heavy (non-hydrogen) atoms. The molecule has 0 aliphatic carbocycles. The minimum absolute atomic E-state index is 0.386. The molecular weight excluding hydrogens is 194 g/mol. The normalized spacial score (nSPS) is 10.9. The van der Waals surface area contributed by atoms with E-state index in [0.29, 0.717) is 5.75 Å². The number of hydrogen-bond acceptors (Lipinski definition) is 3. The molecule has 1 heterocycles. The van der Waals surface area contributed by atoms with Crippen molar-refractivity contribution in [2.24, 2.45) is 0 Å². The Kier molecular flexibility index (Phi) is 2.68. The summed E-state index contributed by atoms with van der Waals surface area (Å²) in [5, 5.41) is 9.72. The van der Waals surface area contributed by atoms with E-state index in [4.69, 9.17) is 0 Å². The number of rotatable bonds is 3. The van der Waals surface area contributed by atoms with E-state index in [1.807, 2.05) is 11.6 Å². The zero-order chi connectivity index (χ0) is 9.97. The van der Waals surface area contributed by atoms with Crippen LogP contribution in [-0.2, 0) is 6.42 Å². The van der Waals surface area contributed by atoms with Gasteiger partial charge in [-0.3, -0.25) is 0 Å². The number of phenolic OH excluding ortho intramolecular Hbond substituents is 1. The van der Waals surface area contributed by atoms with Crippen LogP contribution in [0.5, 0.6) is 5.75 Å². The van der Waals surface area contributed by atoms with Crippen molar-refractivity contribution in [1.82, 2.24) is 4.98 Å². The maximum absolute atomic E-state index is 9.72. The van der Waals surface area contributed by atoms with Crippen LogP contribution in [0.4, 0.5) is 0 Å². The van der Waals surface area contributed by atoms with Gasteiger partial charge in [-0.05, 0) is 25.0 Å². The lowest BCUT2D eigenvalue weighted by molar-refractivity contribution is 0.468.